The summed E-state index contributed by atoms with van der Waals surface area (Å²) in [7, 11) is 0. The Balaban J connectivity index is 2.40. The topological polar surface area (TPSA) is 61.8 Å². The summed E-state index contributed by atoms with van der Waals surface area (Å²) in [4.78, 5) is 30.4. The molecule has 1 aromatic carbocycles. The van der Waals surface area contributed by atoms with E-state index in [1.807, 2.05) is 6.92 Å². The molecule has 1 aromatic rings. The highest BCUT2D eigenvalue weighted by Crippen LogP contribution is 2.37. The zero-order valence-electron chi connectivity index (χ0n) is 15.5. The van der Waals surface area contributed by atoms with E-state index < -0.39 is 22.0 Å². The minimum absolute atomic E-state index is 0.0186. The van der Waals surface area contributed by atoms with Crippen molar-refractivity contribution in [1.82, 2.24) is 10.2 Å². The van der Waals surface area contributed by atoms with Crippen LogP contribution in [0.1, 0.15) is 38.7 Å². The van der Waals surface area contributed by atoms with Gasteiger partial charge in [-0.2, -0.15) is 13.2 Å². The van der Waals surface area contributed by atoms with Crippen molar-refractivity contribution in [3.8, 4) is 0 Å². The van der Waals surface area contributed by atoms with E-state index in [4.69, 9.17) is 11.6 Å². The van der Waals surface area contributed by atoms with Crippen LogP contribution in [0.25, 0.3) is 0 Å². The third-order valence-electron chi connectivity index (χ3n) is 4.00. The van der Waals surface area contributed by atoms with Crippen LogP contribution in [-0.4, -0.2) is 40.2 Å². The van der Waals surface area contributed by atoms with Gasteiger partial charge >= 0.3 is 6.18 Å². The zero-order chi connectivity index (χ0) is 20.9. The van der Waals surface area contributed by atoms with Gasteiger partial charge < -0.3 is 5.32 Å². The van der Waals surface area contributed by atoms with Crippen LogP contribution in [0.4, 0.5) is 18.9 Å². The van der Waals surface area contributed by atoms with Crippen LogP contribution in [0.2, 0.25) is 5.02 Å². The Hall–Kier alpha value is -1.74. The van der Waals surface area contributed by atoms with E-state index in [0.717, 1.165) is 30.3 Å². The Bertz CT molecular complexity index is 771. The first-order valence-electron chi connectivity index (χ1n) is 8.87. The second kappa shape index (κ2) is 9.65. The van der Waals surface area contributed by atoms with Crippen molar-refractivity contribution in [2.24, 2.45) is 4.99 Å². The minimum atomic E-state index is -4.62. The molecule has 0 spiro atoms. The molecule has 28 heavy (non-hydrogen) atoms. The third kappa shape index (κ3) is 5.64. The average Bonchev–Trinajstić information content (AvgIpc) is 2.61. The monoisotopic (exact) mass is 435 g/mol. The molecule has 0 saturated carbocycles. The molecule has 2 amide bonds. The Morgan fingerprint density at radius 1 is 1.39 bits per heavy atom. The van der Waals surface area contributed by atoms with Gasteiger partial charge in [0.2, 0.25) is 11.8 Å². The molecule has 5 nitrogen and oxygen atoms in total. The summed E-state index contributed by atoms with van der Waals surface area (Å²) in [6.07, 6.45) is -3.05. The van der Waals surface area contributed by atoms with Gasteiger partial charge in [-0.05, 0) is 31.5 Å². The number of unbranched alkanes of at least 4 members (excludes halogenated alkanes) is 1. The van der Waals surface area contributed by atoms with Crippen LogP contribution < -0.4 is 5.32 Å². The smallest absolute Gasteiger partial charge is 0.355 e. The fourth-order valence-electron chi connectivity index (χ4n) is 2.58. The second-order valence-corrected chi connectivity index (χ2v) is 7.74. The van der Waals surface area contributed by atoms with Crippen LogP contribution in [-0.2, 0) is 15.8 Å². The molecule has 154 valence electrons. The zero-order valence-corrected chi connectivity index (χ0v) is 17.0. The Labute approximate surface area is 170 Å². The number of alkyl halides is 3. The number of halogens is 4. The molecule has 0 bridgehead atoms. The molecule has 2 rings (SSSR count). The Morgan fingerprint density at radius 3 is 2.71 bits per heavy atom. The highest BCUT2D eigenvalue weighted by Gasteiger charge is 2.36. The molecule has 1 heterocycles. The van der Waals surface area contributed by atoms with Gasteiger partial charge in [0.15, 0.2) is 5.17 Å². The van der Waals surface area contributed by atoms with E-state index in [-0.39, 0.29) is 29.1 Å². The predicted molar refractivity (Wildman–Crippen MR) is 105 cm³/mol. The summed E-state index contributed by atoms with van der Waals surface area (Å²) in [6.45, 7) is 4.54. The van der Waals surface area contributed by atoms with Crippen molar-refractivity contribution in [3.63, 3.8) is 0 Å². The number of rotatable bonds is 6. The van der Waals surface area contributed by atoms with Crippen molar-refractivity contribution >= 4 is 46.0 Å². The molecule has 0 aliphatic carbocycles. The SMILES string of the molecule is CCCCN1C(=O)C[C@H](C(=O)NCC)SC1=Nc1ccc(Cl)c(C(F)(F)F)c1. The van der Waals surface area contributed by atoms with Gasteiger partial charge in [-0.25, -0.2) is 4.99 Å². The number of hydrogen-bond acceptors (Lipinski definition) is 4. The lowest BCUT2D eigenvalue weighted by atomic mass is 10.2. The minimum Gasteiger partial charge on any atom is -0.355 e. The van der Waals surface area contributed by atoms with Gasteiger partial charge in [0.25, 0.3) is 0 Å². The number of nitrogens with zero attached hydrogens (tertiary/aromatic N) is 2. The highest BCUT2D eigenvalue weighted by atomic mass is 35.5. The van der Waals surface area contributed by atoms with Gasteiger partial charge in [-0.15, -0.1) is 0 Å². The maximum Gasteiger partial charge on any atom is 0.417 e. The van der Waals surface area contributed by atoms with E-state index in [1.54, 1.807) is 6.92 Å². The Kier molecular flexibility index (Phi) is 7.77. The lowest BCUT2D eigenvalue weighted by Gasteiger charge is -2.31. The number of carbonyl (C=O) groups is 2. The molecule has 0 aromatic heterocycles. The molecule has 0 radical (unpaired) electrons. The van der Waals surface area contributed by atoms with Crippen LogP contribution in [0.15, 0.2) is 23.2 Å². The number of hydrogen-bond donors (Lipinski definition) is 1. The normalized spacial score (nSPS) is 19.2. The van der Waals surface area contributed by atoms with Crippen molar-refractivity contribution in [2.45, 2.75) is 44.5 Å². The fourth-order valence-corrected chi connectivity index (χ4v) is 3.95. The van der Waals surface area contributed by atoms with Crippen molar-refractivity contribution in [2.75, 3.05) is 13.1 Å². The van der Waals surface area contributed by atoms with Crippen LogP contribution >= 0.6 is 23.4 Å². The molecule has 1 aliphatic heterocycles. The number of aliphatic imine (C=N–C) groups is 1. The average molecular weight is 436 g/mol. The van der Waals surface area contributed by atoms with Crippen LogP contribution in [0, 0.1) is 0 Å². The Morgan fingerprint density at radius 2 is 2.11 bits per heavy atom. The number of amidine groups is 1. The molecule has 1 atom stereocenters. The number of carbonyl (C=O) groups excluding carboxylic acids is 2. The van der Waals surface area contributed by atoms with Gasteiger partial charge in [0.05, 0.1) is 21.5 Å². The number of benzene rings is 1. The summed E-state index contributed by atoms with van der Waals surface area (Å²) >= 11 is 6.74. The first kappa shape index (κ1) is 22.5. The molecular formula is C18H21ClF3N3O2S. The lowest BCUT2D eigenvalue weighted by Crippen LogP contribution is -2.47. The summed E-state index contributed by atoms with van der Waals surface area (Å²) in [5.74, 6) is -0.567. The largest absolute Gasteiger partial charge is 0.417 e. The van der Waals surface area contributed by atoms with Gasteiger partial charge in [0.1, 0.15) is 0 Å². The van der Waals surface area contributed by atoms with Crippen molar-refractivity contribution < 1.29 is 22.8 Å². The van der Waals surface area contributed by atoms with E-state index in [0.29, 0.717) is 19.5 Å². The molecular weight excluding hydrogens is 415 g/mol. The second-order valence-electron chi connectivity index (χ2n) is 6.16. The molecule has 1 N–H and O–H groups in total. The summed E-state index contributed by atoms with van der Waals surface area (Å²) in [5, 5.41) is 1.79. The summed E-state index contributed by atoms with van der Waals surface area (Å²) in [5.41, 5.74) is -0.978. The van der Waals surface area contributed by atoms with E-state index in [1.165, 1.54) is 11.0 Å². The summed E-state index contributed by atoms with van der Waals surface area (Å²) in [6, 6.07) is 3.31. The number of amides is 2. The van der Waals surface area contributed by atoms with E-state index >= 15 is 0 Å². The van der Waals surface area contributed by atoms with Crippen molar-refractivity contribution in [3.05, 3.63) is 28.8 Å². The molecule has 1 aliphatic rings. The van der Waals surface area contributed by atoms with E-state index in [9.17, 15) is 22.8 Å². The summed E-state index contributed by atoms with van der Waals surface area (Å²) < 4.78 is 39.3. The molecule has 0 unspecified atom stereocenters. The first-order chi connectivity index (χ1) is 13.2. The third-order valence-corrected chi connectivity index (χ3v) is 5.52. The molecule has 10 heteroatoms. The standard InChI is InChI=1S/C18H21ClF3N3O2S/c1-3-5-8-25-15(26)10-14(16(27)23-4-2)28-17(25)24-11-6-7-13(19)12(9-11)18(20,21)22/h6-7,9,14H,3-5,8,10H2,1-2H3,(H,23,27)/t14-/m1/s1. The van der Waals surface area contributed by atoms with Crippen LogP contribution in [0.3, 0.4) is 0 Å². The van der Waals surface area contributed by atoms with Crippen LogP contribution in [0.5, 0.6) is 0 Å². The fraction of sp³-hybridized carbons (Fsp3) is 0.500. The maximum atomic E-state index is 13.1. The van der Waals surface area contributed by atoms with Gasteiger partial charge in [0, 0.05) is 19.5 Å². The van der Waals surface area contributed by atoms with Gasteiger partial charge in [-0.3, -0.25) is 14.5 Å². The van der Waals surface area contributed by atoms with Crippen molar-refractivity contribution in [1.29, 1.82) is 0 Å². The van der Waals surface area contributed by atoms with E-state index in [2.05, 4.69) is 10.3 Å². The highest BCUT2D eigenvalue weighted by molar-refractivity contribution is 8.15. The lowest BCUT2D eigenvalue weighted by molar-refractivity contribution is -0.137. The number of thioether (sulfide) groups is 1. The molecule has 1 saturated heterocycles. The quantitative estimate of drug-likeness (QED) is 0.709. The maximum absolute atomic E-state index is 13.1. The number of nitrogens with one attached hydrogen (secondary N) is 1. The predicted octanol–water partition coefficient (Wildman–Crippen LogP) is 4.62. The van der Waals surface area contributed by atoms with Gasteiger partial charge in [-0.1, -0.05) is 36.7 Å². The first-order valence-corrected chi connectivity index (χ1v) is 10.1. The molecule has 1 fully saturated rings.